The van der Waals surface area contributed by atoms with Gasteiger partial charge in [0.05, 0.1) is 3.79 Å². The number of sulfone groups is 1. The minimum Gasteiger partial charge on any atom is -0.480 e. The molecular formula is C9H9BrO4S2. The van der Waals surface area contributed by atoms with Crippen LogP contribution in [-0.4, -0.2) is 24.2 Å². The molecule has 0 amide bonds. The molecule has 2 rings (SSSR count). The van der Waals surface area contributed by atoms with E-state index in [0.29, 0.717) is 10.2 Å². The molecule has 0 radical (unpaired) electrons. The van der Waals surface area contributed by atoms with Crippen LogP contribution in [0.2, 0.25) is 0 Å². The van der Waals surface area contributed by atoms with Gasteiger partial charge in [0.15, 0.2) is 4.75 Å². The van der Waals surface area contributed by atoms with Gasteiger partial charge in [-0.05, 0) is 47.3 Å². The van der Waals surface area contributed by atoms with Gasteiger partial charge in [-0.15, -0.1) is 11.3 Å². The fourth-order valence-electron chi connectivity index (χ4n) is 1.73. The van der Waals surface area contributed by atoms with Crippen molar-refractivity contribution in [2.75, 3.05) is 0 Å². The Labute approximate surface area is 105 Å². The first-order valence-corrected chi connectivity index (χ1v) is 7.73. The molecule has 0 spiro atoms. The van der Waals surface area contributed by atoms with E-state index in [1.165, 1.54) is 6.07 Å². The number of carboxylic acid groups (broad SMARTS) is 1. The molecule has 1 aromatic rings. The fraction of sp³-hybridized carbons (Fsp3) is 0.444. The molecule has 1 aliphatic rings. The molecule has 0 atom stereocenters. The number of carboxylic acids is 1. The molecule has 16 heavy (non-hydrogen) atoms. The normalized spacial score (nSPS) is 19.1. The zero-order valence-corrected chi connectivity index (χ0v) is 11.4. The minimum atomic E-state index is -3.75. The molecule has 0 unspecified atom stereocenters. The highest BCUT2D eigenvalue weighted by Crippen LogP contribution is 2.45. The summed E-state index contributed by atoms with van der Waals surface area (Å²) in [7, 11) is -3.75. The molecule has 1 fully saturated rings. The largest absolute Gasteiger partial charge is 0.480 e. The predicted molar refractivity (Wildman–Crippen MR) is 63.4 cm³/mol. The average molecular weight is 325 g/mol. The van der Waals surface area contributed by atoms with Crippen molar-refractivity contribution < 1.29 is 18.3 Å². The van der Waals surface area contributed by atoms with Crippen molar-refractivity contribution in [2.24, 2.45) is 0 Å². The van der Waals surface area contributed by atoms with E-state index in [1.54, 1.807) is 6.07 Å². The monoisotopic (exact) mass is 324 g/mol. The van der Waals surface area contributed by atoms with Crippen LogP contribution in [0.4, 0.5) is 0 Å². The van der Waals surface area contributed by atoms with Crippen LogP contribution >= 0.6 is 27.3 Å². The molecular weight excluding hydrogens is 316 g/mol. The lowest BCUT2D eigenvalue weighted by molar-refractivity contribution is -0.142. The van der Waals surface area contributed by atoms with Crippen molar-refractivity contribution in [3.63, 3.8) is 0 Å². The molecule has 1 saturated carbocycles. The van der Waals surface area contributed by atoms with Gasteiger partial charge >= 0.3 is 5.97 Å². The SMILES string of the molecule is O=C(O)C1(S(=O)(=O)c2ccc(Br)s2)CCC1. The van der Waals surface area contributed by atoms with Gasteiger partial charge in [0.1, 0.15) is 4.21 Å². The lowest BCUT2D eigenvalue weighted by atomic mass is 9.84. The Bertz CT molecular complexity index is 527. The molecule has 88 valence electrons. The Morgan fingerprint density at radius 1 is 1.44 bits per heavy atom. The predicted octanol–water partition coefficient (Wildman–Crippen LogP) is 2.29. The zero-order valence-electron chi connectivity index (χ0n) is 8.14. The summed E-state index contributed by atoms with van der Waals surface area (Å²) in [6, 6.07) is 3.07. The molecule has 0 bridgehead atoms. The third kappa shape index (κ3) is 1.53. The Morgan fingerprint density at radius 2 is 2.06 bits per heavy atom. The van der Waals surface area contributed by atoms with E-state index < -0.39 is 20.6 Å². The van der Waals surface area contributed by atoms with Crippen LogP contribution in [0.1, 0.15) is 19.3 Å². The highest BCUT2D eigenvalue weighted by Gasteiger charge is 2.56. The maximum absolute atomic E-state index is 12.2. The first-order valence-electron chi connectivity index (χ1n) is 4.63. The van der Waals surface area contributed by atoms with Crippen LogP contribution in [-0.2, 0) is 14.6 Å². The topological polar surface area (TPSA) is 71.4 Å². The van der Waals surface area contributed by atoms with E-state index >= 15 is 0 Å². The van der Waals surface area contributed by atoms with Crippen molar-refractivity contribution >= 4 is 43.1 Å². The highest BCUT2D eigenvalue weighted by atomic mass is 79.9. The lowest BCUT2D eigenvalue weighted by Crippen LogP contribution is -2.51. The number of thiophene rings is 1. The van der Waals surface area contributed by atoms with E-state index in [1.807, 2.05) is 0 Å². The van der Waals surface area contributed by atoms with Gasteiger partial charge in [-0.3, -0.25) is 4.79 Å². The Balaban J connectivity index is 2.50. The van der Waals surface area contributed by atoms with E-state index in [-0.39, 0.29) is 17.1 Å². The molecule has 0 saturated heterocycles. The maximum atomic E-state index is 12.2. The van der Waals surface area contributed by atoms with Gasteiger partial charge in [-0.25, -0.2) is 8.42 Å². The number of hydrogen-bond donors (Lipinski definition) is 1. The number of hydrogen-bond acceptors (Lipinski definition) is 4. The summed E-state index contributed by atoms with van der Waals surface area (Å²) in [5.41, 5.74) is 0. The molecule has 4 nitrogen and oxygen atoms in total. The molecule has 7 heteroatoms. The van der Waals surface area contributed by atoms with Crippen molar-refractivity contribution in [1.29, 1.82) is 0 Å². The highest BCUT2D eigenvalue weighted by molar-refractivity contribution is 9.11. The first-order chi connectivity index (χ1) is 7.40. The number of halogens is 1. The van der Waals surface area contributed by atoms with Crippen molar-refractivity contribution in [3.8, 4) is 0 Å². The van der Waals surface area contributed by atoms with Gasteiger partial charge in [-0.1, -0.05) is 0 Å². The summed E-state index contributed by atoms with van der Waals surface area (Å²) in [5, 5.41) is 9.10. The summed E-state index contributed by atoms with van der Waals surface area (Å²) in [6.07, 6.45) is 1.07. The van der Waals surface area contributed by atoms with E-state index in [2.05, 4.69) is 15.9 Å². The minimum absolute atomic E-state index is 0.126. The van der Waals surface area contributed by atoms with Crippen LogP contribution in [0.5, 0.6) is 0 Å². The summed E-state index contributed by atoms with van der Waals surface area (Å²) in [5.74, 6) is -1.23. The summed E-state index contributed by atoms with van der Waals surface area (Å²) in [6.45, 7) is 0. The third-order valence-corrected chi connectivity index (χ3v) is 7.48. The Kier molecular flexibility index (Phi) is 2.88. The van der Waals surface area contributed by atoms with Crippen LogP contribution in [0.3, 0.4) is 0 Å². The van der Waals surface area contributed by atoms with Gasteiger partial charge in [0.2, 0.25) is 9.84 Å². The smallest absolute Gasteiger partial charge is 0.325 e. The molecule has 1 heterocycles. The molecule has 0 aromatic carbocycles. The van der Waals surface area contributed by atoms with Gasteiger partial charge in [0.25, 0.3) is 0 Å². The maximum Gasteiger partial charge on any atom is 0.325 e. The molecule has 1 N–H and O–H groups in total. The molecule has 1 aliphatic carbocycles. The second-order valence-electron chi connectivity index (χ2n) is 3.71. The number of aliphatic carboxylic acids is 1. The quantitative estimate of drug-likeness (QED) is 0.925. The van der Waals surface area contributed by atoms with Crippen molar-refractivity contribution in [1.82, 2.24) is 0 Å². The molecule has 1 aromatic heterocycles. The van der Waals surface area contributed by atoms with Crippen molar-refractivity contribution in [2.45, 2.75) is 28.2 Å². The second-order valence-corrected chi connectivity index (χ2v) is 8.66. The standard InChI is InChI=1S/C9H9BrO4S2/c10-6-2-3-7(15-6)16(13,14)9(8(11)12)4-1-5-9/h2-3H,1,4-5H2,(H,11,12). The number of carbonyl (C=O) groups is 1. The van der Waals surface area contributed by atoms with Crippen LogP contribution < -0.4 is 0 Å². The summed E-state index contributed by atoms with van der Waals surface area (Å²) < 4.78 is 23.6. The lowest BCUT2D eigenvalue weighted by Gasteiger charge is -2.36. The van der Waals surface area contributed by atoms with Crippen LogP contribution in [0.25, 0.3) is 0 Å². The summed E-state index contributed by atoms with van der Waals surface area (Å²) in [4.78, 5) is 11.1. The third-order valence-electron chi connectivity index (χ3n) is 2.88. The number of rotatable bonds is 3. The molecule has 0 aliphatic heterocycles. The van der Waals surface area contributed by atoms with E-state index in [0.717, 1.165) is 11.3 Å². The van der Waals surface area contributed by atoms with Crippen molar-refractivity contribution in [3.05, 3.63) is 15.9 Å². The average Bonchev–Trinajstić information content (AvgIpc) is 2.48. The van der Waals surface area contributed by atoms with Crippen LogP contribution in [0, 0.1) is 0 Å². The van der Waals surface area contributed by atoms with E-state index in [9.17, 15) is 13.2 Å². The second kappa shape index (κ2) is 3.82. The fourth-order valence-corrected chi connectivity index (χ4v) is 6.05. The Morgan fingerprint density at radius 3 is 2.38 bits per heavy atom. The van der Waals surface area contributed by atoms with E-state index in [4.69, 9.17) is 5.11 Å². The first kappa shape index (κ1) is 12.1. The van der Waals surface area contributed by atoms with Gasteiger partial charge in [0, 0.05) is 0 Å². The zero-order chi connectivity index (χ0) is 12.0. The summed E-state index contributed by atoms with van der Waals surface area (Å²) >= 11 is 4.23. The Hall–Kier alpha value is -0.400. The van der Waals surface area contributed by atoms with Crippen LogP contribution in [0.15, 0.2) is 20.1 Å². The van der Waals surface area contributed by atoms with Gasteiger partial charge in [-0.2, -0.15) is 0 Å². The van der Waals surface area contributed by atoms with Gasteiger partial charge < -0.3 is 5.11 Å².